The summed E-state index contributed by atoms with van der Waals surface area (Å²) in [6.07, 6.45) is 1.33. The van der Waals surface area contributed by atoms with Gasteiger partial charge in [-0.1, -0.05) is 23.7 Å². The van der Waals surface area contributed by atoms with Crippen molar-refractivity contribution in [1.82, 2.24) is 4.98 Å². The Labute approximate surface area is 89.8 Å². The van der Waals surface area contributed by atoms with Gasteiger partial charge in [0, 0.05) is 17.0 Å². The second kappa shape index (κ2) is 3.40. The fourth-order valence-electron chi connectivity index (χ4n) is 1.35. The van der Waals surface area contributed by atoms with Crippen LogP contribution in [0, 0.1) is 0 Å². The molecule has 0 unspecified atom stereocenters. The molecule has 1 heterocycles. The van der Waals surface area contributed by atoms with Crippen LogP contribution in [-0.2, 0) is 0 Å². The fraction of sp³-hybridized carbons (Fsp3) is 0. The van der Waals surface area contributed by atoms with E-state index in [1.807, 2.05) is 0 Å². The molecule has 1 aromatic heterocycles. The predicted molar refractivity (Wildman–Crippen MR) is 55.4 cm³/mol. The SMILES string of the molecule is O=C(O)c1ncc2c(Cl)cccc2c1O. The number of halogens is 1. The van der Waals surface area contributed by atoms with Gasteiger partial charge in [-0.2, -0.15) is 0 Å². The molecule has 0 saturated heterocycles. The summed E-state index contributed by atoms with van der Waals surface area (Å²) < 4.78 is 0. The summed E-state index contributed by atoms with van der Waals surface area (Å²) in [4.78, 5) is 14.3. The number of carbonyl (C=O) groups is 1. The van der Waals surface area contributed by atoms with Crippen LogP contribution in [0.2, 0.25) is 5.02 Å². The minimum Gasteiger partial charge on any atom is -0.505 e. The Morgan fingerprint density at radius 3 is 2.73 bits per heavy atom. The second-order valence-corrected chi connectivity index (χ2v) is 3.37. The number of pyridine rings is 1. The summed E-state index contributed by atoms with van der Waals surface area (Å²) in [5, 5.41) is 19.7. The number of hydrogen-bond acceptors (Lipinski definition) is 3. The molecule has 0 saturated carbocycles. The van der Waals surface area contributed by atoms with Crippen molar-refractivity contribution >= 4 is 28.3 Å². The lowest BCUT2D eigenvalue weighted by Crippen LogP contribution is -2.00. The van der Waals surface area contributed by atoms with Gasteiger partial charge in [-0.05, 0) is 6.07 Å². The van der Waals surface area contributed by atoms with E-state index in [0.717, 1.165) is 0 Å². The molecule has 76 valence electrons. The van der Waals surface area contributed by atoms with Gasteiger partial charge in [0.1, 0.15) is 0 Å². The van der Waals surface area contributed by atoms with Gasteiger partial charge in [-0.15, -0.1) is 0 Å². The van der Waals surface area contributed by atoms with Gasteiger partial charge >= 0.3 is 5.97 Å². The zero-order valence-electron chi connectivity index (χ0n) is 7.44. The molecule has 2 N–H and O–H groups in total. The average molecular weight is 224 g/mol. The molecule has 4 nitrogen and oxygen atoms in total. The molecule has 15 heavy (non-hydrogen) atoms. The summed E-state index contributed by atoms with van der Waals surface area (Å²) in [6.45, 7) is 0. The quantitative estimate of drug-likeness (QED) is 0.778. The van der Waals surface area contributed by atoms with Crippen LogP contribution < -0.4 is 0 Å². The van der Waals surface area contributed by atoms with Crippen molar-refractivity contribution < 1.29 is 15.0 Å². The molecule has 0 bridgehead atoms. The molecule has 0 amide bonds. The van der Waals surface area contributed by atoms with Gasteiger partial charge < -0.3 is 10.2 Å². The Morgan fingerprint density at radius 2 is 2.07 bits per heavy atom. The second-order valence-electron chi connectivity index (χ2n) is 2.96. The largest absolute Gasteiger partial charge is 0.505 e. The molecule has 0 aliphatic heterocycles. The lowest BCUT2D eigenvalue weighted by atomic mass is 10.1. The number of hydrogen-bond donors (Lipinski definition) is 2. The minimum absolute atomic E-state index is 0.359. The summed E-state index contributed by atoms with van der Waals surface area (Å²) in [5.41, 5.74) is -0.371. The molecule has 0 aliphatic rings. The van der Waals surface area contributed by atoms with Crippen LogP contribution in [0.5, 0.6) is 5.75 Å². The number of aromatic hydroxyl groups is 1. The molecular weight excluding hydrogens is 218 g/mol. The highest BCUT2D eigenvalue weighted by atomic mass is 35.5. The summed E-state index contributed by atoms with van der Waals surface area (Å²) in [6, 6.07) is 4.87. The summed E-state index contributed by atoms with van der Waals surface area (Å²) >= 11 is 5.86. The first kappa shape index (κ1) is 9.73. The monoisotopic (exact) mass is 223 g/mol. The first-order chi connectivity index (χ1) is 7.11. The number of nitrogens with zero attached hydrogens (tertiary/aromatic N) is 1. The van der Waals surface area contributed by atoms with Crippen LogP contribution in [0.25, 0.3) is 10.8 Å². The van der Waals surface area contributed by atoms with Crippen molar-refractivity contribution in [3.63, 3.8) is 0 Å². The van der Waals surface area contributed by atoms with Crippen LogP contribution in [0.4, 0.5) is 0 Å². The molecule has 1 aromatic carbocycles. The number of aromatic carboxylic acids is 1. The van der Waals surface area contributed by atoms with E-state index < -0.39 is 5.97 Å². The Morgan fingerprint density at radius 1 is 1.33 bits per heavy atom. The maximum absolute atomic E-state index is 10.7. The van der Waals surface area contributed by atoms with E-state index in [-0.39, 0.29) is 11.4 Å². The van der Waals surface area contributed by atoms with Crippen LogP contribution in [0.3, 0.4) is 0 Å². The molecule has 2 rings (SSSR count). The van der Waals surface area contributed by atoms with Crippen LogP contribution in [0.15, 0.2) is 24.4 Å². The third-order valence-electron chi connectivity index (χ3n) is 2.06. The van der Waals surface area contributed by atoms with E-state index in [1.165, 1.54) is 6.20 Å². The Balaban J connectivity index is 2.86. The molecule has 5 heteroatoms. The van der Waals surface area contributed by atoms with Crippen LogP contribution >= 0.6 is 11.6 Å². The third kappa shape index (κ3) is 1.49. The lowest BCUT2D eigenvalue weighted by molar-refractivity contribution is 0.0687. The van der Waals surface area contributed by atoms with E-state index in [9.17, 15) is 9.90 Å². The summed E-state index contributed by atoms with van der Waals surface area (Å²) in [7, 11) is 0. The van der Waals surface area contributed by atoms with Crippen molar-refractivity contribution in [2.45, 2.75) is 0 Å². The molecule has 0 fully saturated rings. The Kier molecular flexibility index (Phi) is 2.21. The van der Waals surface area contributed by atoms with Crippen LogP contribution in [0.1, 0.15) is 10.5 Å². The van der Waals surface area contributed by atoms with E-state index in [2.05, 4.69) is 4.98 Å². The first-order valence-corrected chi connectivity index (χ1v) is 4.48. The van der Waals surface area contributed by atoms with Crippen molar-refractivity contribution in [2.24, 2.45) is 0 Å². The highest BCUT2D eigenvalue weighted by Gasteiger charge is 2.14. The zero-order valence-corrected chi connectivity index (χ0v) is 8.19. The predicted octanol–water partition coefficient (Wildman–Crippen LogP) is 2.29. The van der Waals surface area contributed by atoms with Crippen LogP contribution in [-0.4, -0.2) is 21.2 Å². The Bertz CT molecular complexity index is 554. The molecule has 2 aromatic rings. The average Bonchev–Trinajstić information content (AvgIpc) is 2.19. The molecule has 0 atom stereocenters. The number of fused-ring (bicyclic) bond motifs is 1. The van der Waals surface area contributed by atoms with Gasteiger partial charge in [-0.3, -0.25) is 0 Å². The zero-order chi connectivity index (χ0) is 11.0. The van der Waals surface area contributed by atoms with Crippen molar-refractivity contribution in [3.8, 4) is 5.75 Å². The summed E-state index contributed by atoms with van der Waals surface area (Å²) in [5.74, 6) is -1.63. The normalized spacial score (nSPS) is 10.5. The van der Waals surface area contributed by atoms with Crippen molar-refractivity contribution in [3.05, 3.63) is 35.1 Å². The van der Waals surface area contributed by atoms with E-state index in [0.29, 0.717) is 15.8 Å². The van der Waals surface area contributed by atoms with Crippen molar-refractivity contribution in [2.75, 3.05) is 0 Å². The van der Waals surface area contributed by atoms with Gasteiger partial charge in [0.25, 0.3) is 0 Å². The van der Waals surface area contributed by atoms with Crippen molar-refractivity contribution in [1.29, 1.82) is 0 Å². The smallest absolute Gasteiger partial charge is 0.358 e. The number of aromatic nitrogens is 1. The van der Waals surface area contributed by atoms with Gasteiger partial charge in [-0.25, -0.2) is 9.78 Å². The minimum atomic E-state index is -1.27. The topological polar surface area (TPSA) is 70.4 Å². The molecule has 0 aliphatic carbocycles. The number of carboxylic acid groups (broad SMARTS) is 1. The van der Waals surface area contributed by atoms with Gasteiger partial charge in [0.2, 0.25) is 0 Å². The van der Waals surface area contributed by atoms with E-state index in [1.54, 1.807) is 18.2 Å². The third-order valence-corrected chi connectivity index (χ3v) is 2.39. The Hall–Kier alpha value is -1.81. The maximum Gasteiger partial charge on any atom is 0.358 e. The standard InChI is InChI=1S/C10H6ClNO3/c11-7-3-1-2-5-6(7)4-12-8(9(5)13)10(14)15/h1-4,13H,(H,14,15). The highest BCUT2D eigenvalue weighted by molar-refractivity contribution is 6.35. The highest BCUT2D eigenvalue weighted by Crippen LogP contribution is 2.31. The van der Waals surface area contributed by atoms with Gasteiger partial charge in [0.15, 0.2) is 11.4 Å². The number of carboxylic acids is 1. The van der Waals surface area contributed by atoms with E-state index >= 15 is 0 Å². The van der Waals surface area contributed by atoms with Gasteiger partial charge in [0.05, 0.1) is 5.02 Å². The lowest BCUT2D eigenvalue weighted by Gasteiger charge is -2.04. The molecule has 0 spiro atoms. The number of rotatable bonds is 1. The fourth-order valence-corrected chi connectivity index (χ4v) is 1.57. The maximum atomic E-state index is 10.7. The molecular formula is C10H6ClNO3. The molecule has 0 radical (unpaired) electrons. The first-order valence-electron chi connectivity index (χ1n) is 4.10. The number of benzene rings is 1. The van der Waals surface area contributed by atoms with E-state index in [4.69, 9.17) is 16.7 Å².